The van der Waals surface area contributed by atoms with E-state index in [9.17, 15) is 9.90 Å². The monoisotopic (exact) mass is 494 g/mol. The maximum Gasteiger partial charge on any atom is 0.218 e. The zero-order valence-corrected chi connectivity index (χ0v) is 23.5. The van der Waals surface area contributed by atoms with E-state index in [2.05, 4.69) is 79.7 Å². The maximum absolute atomic E-state index is 13.0. The maximum atomic E-state index is 13.0. The summed E-state index contributed by atoms with van der Waals surface area (Å²) < 4.78 is 0. The molecule has 0 spiro atoms. The van der Waals surface area contributed by atoms with Gasteiger partial charge >= 0.3 is 0 Å². The van der Waals surface area contributed by atoms with Crippen molar-refractivity contribution < 1.29 is 9.90 Å². The van der Waals surface area contributed by atoms with Crippen molar-refractivity contribution in [2.45, 2.75) is 74.1 Å². The van der Waals surface area contributed by atoms with Crippen molar-refractivity contribution in [3.8, 4) is 0 Å². The number of hydrogen-bond donors (Lipinski definition) is 0. The molecule has 1 aromatic heterocycles. The van der Waals surface area contributed by atoms with Crippen LogP contribution in [-0.4, -0.2) is 5.78 Å². The van der Waals surface area contributed by atoms with E-state index in [1.54, 1.807) is 12.2 Å². The molecule has 34 heavy (non-hydrogen) atoms. The molecule has 1 aliphatic heterocycles. The number of hydrogen-bond acceptors (Lipinski definition) is 3. The molecule has 0 fully saturated rings. The Hall–Kier alpha value is -1.91. The topological polar surface area (TPSA) is 40.1 Å². The summed E-state index contributed by atoms with van der Waals surface area (Å²) in [5.41, 5.74) is 2.52. The molecule has 0 unspecified atom stereocenters. The second-order valence-corrected chi connectivity index (χ2v) is 13.2. The Bertz CT molecular complexity index is 1110. The zero-order chi connectivity index (χ0) is 25.2. The lowest BCUT2D eigenvalue weighted by molar-refractivity contribution is -0.300. The number of ketones is 1. The van der Waals surface area contributed by atoms with Gasteiger partial charge in [0, 0.05) is 35.6 Å². The van der Waals surface area contributed by atoms with Crippen molar-refractivity contribution in [3.63, 3.8) is 0 Å². The molecule has 2 heterocycles. The first-order valence-corrected chi connectivity index (χ1v) is 14.0. The van der Waals surface area contributed by atoms with Crippen LogP contribution in [0.2, 0.25) is 0 Å². The fourth-order valence-electron chi connectivity index (χ4n) is 3.98. The van der Waals surface area contributed by atoms with E-state index in [4.69, 9.17) is 0 Å². The van der Waals surface area contributed by atoms with Crippen molar-refractivity contribution >= 4 is 35.0 Å². The first kappa shape index (κ1) is 26.7. The lowest BCUT2D eigenvalue weighted by Gasteiger charge is -2.29. The van der Waals surface area contributed by atoms with E-state index >= 15 is 0 Å². The molecule has 3 rings (SSSR count). The molecule has 0 atom stereocenters. The van der Waals surface area contributed by atoms with Crippen molar-refractivity contribution in [2.75, 3.05) is 0 Å². The second-order valence-electron chi connectivity index (χ2n) is 10.8. The average Bonchev–Trinajstić information content (AvgIpc) is 2.74. The molecule has 0 saturated heterocycles. The van der Waals surface area contributed by atoms with E-state index < -0.39 is 0 Å². The first-order valence-electron chi connectivity index (χ1n) is 12.4. The molecular formula is C30H38O2S2. The highest BCUT2D eigenvalue weighted by Gasteiger charge is 2.27. The van der Waals surface area contributed by atoms with Gasteiger partial charge in [-0.3, -0.25) is 4.79 Å². The van der Waals surface area contributed by atoms with Gasteiger partial charge in [0.2, 0.25) is 21.1 Å². The molecular weight excluding hydrogens is 456 g/mol. The minimum absolute atomic E-state index is 0.141. The van der Waals surface area contributed by atoms with E-state index in [1.807, 2.05) is 23.1 Å². The molecule has 0 aromatic carbocycles. The molecule has 0 saturated carbocycles. The molecule has 0 N–H and O–H groups in total. The van der Waals surface area contributed by atoms with Crippen LogP contribution in [0, 0.1) is 17.8 Å². The van der Waals surface area contributed by atoms with Gasteiger partial charge in [0.05, 0.1) is 0 Å². The van der Waals surface area contributed by atoms with E-state index in [0.717, 1.165) is 24.0 Å². The third-order valence-electron chi connectivity index (χ3n) is 5.73. The Kier molecular flexibility index (Phi) is 8.81. The molecule has 182 valence electrons. The Morgan fingerprint density at radius 1 is 0.912 bits per heavy atom. The van der Waals surface area contributed by atoms with E-state index in [0.29, 0.717) is 34.8 Å². The van der Waals surface area contributed by atoms with Crippen LogP contribution in [0.15, 0.2) is 62.6 Å². The van der Waals surface area contributed by atoms with Crippen LogP contribution in [0.1, 0.15) is 83.0 Å². The minimum atomic E-state index is -0.141. The SMILES string of the molecule is CC(C)CC1=CC(=CC2=C([O-])C(=Cc3cc(CC(C)C)[s+]c(C(C)C)c3)C2=O)C=C(C(C)C)S1. The summed E-state index contributed by atoms with van der Waals surface area (Å²) in [4.78, 5) is 18.2. The molecule has 0 bridgehead atoms. The van der Waals surface area contributed by atoms with Gasteiger partial charge in [-0.2, -0.15) is 0 Å². The average molecular weight is 495 g/mol. The zero-order valence-electron chi connectivity index (χ0n) is 21.8. The summed E-state index contributed by atoms with van der Waals surface area (Å²) in [6.07, 6.45) is 9.85. The number of thioether (sulfide) groups is 1. The van der Waals surface area contributed by atoms with Gasteiger partial charge in [-0.15, -0.1) is 0 Å². The van der Waals surface area contributed by atoms with Gasteiger partial charge in [-0.25, -0.2) is 0 Å². The van der Waals surface area contributed by atoms with Crippen molar-refractivity contribution in [1.29, 1.82) is 0 Å². The minimum Gasteiger partial charge on any atom is -0.871 e. The molecule has 0 radical (unpaired) electrons. The van der Waals surface area contributed by atoms with Crippen LogP contribution in [0.3, 0.4) is 0 Å². The predicted octanol–water partition coefficient (Wildman–Crippen LogP) is 8.07. The van der Waals surface area contributed by atoms with Gasteiger partial charge in [-0.1, -0.05) is 72.9 Å². The first-order chi connectivity index (χ1) is 15.9. The standard InChI is InChI=1S/C30H38O2S2/c1-17(2)9-23-11-21(15-27(33-23)19(5)6)13-25-29(31)26(30(25)32)14-22-12-24(10-18(3)4)34-28(16-22)20(7)8/h11-20H,9-10H2,1-8H3. The van der Waals surface area contributed by atoms with Gasteiger partial charge in [-0.05, 0) is 69.4 Å². The Balaban J connectivity index is 1.96. The van der Waals surface area contributed by atoms with E-state index in [-0.39, 0.29) is 11.5 Å². The smallest absolute Gasteiger partial charge is 0.218 e. The fourth-order valence-corrected chi connectivity index (χ4v) is 6.67. The third kappa shape index (κ3) is 6.60. The summed E-state index contributed by atoms with van der Waals surface area (Å²) in [5.74, 6) is 1.65. The number of allylic oxidation sites excluding steroid dienone is 8. The molecule has 0 amide bonds. The fraction of sp³-hybridized carbons (Fsp3) is 0.467. The number of Topliss-reactive ketones (excluding diaryl/α,β-unsaturated/α-hetero) is 1. The Morgan fingerprint density at radius 3 is 2.15 bits per heavy atom. The summed E-state index contributed by atoms with van der Waals surface area (Å²) in [6.45, 7) is 17.6. The van der Waals surface area contributed by atoms with Gasteiger partial charge in [0.1, 0.15) is 0 Å². The van der Waals surface area contributed by atoms with Gasteiger partial charge in [0.25, 0.3) is 0 Å². The van der Waals surface area contributed by atoms with Gasteiger partial charge < -0.3 is 5.11 Å². The highest BCUT2D eigenvalue weighted by atomic mass is 32.2. The lowest BCUT2D eigenvalue weighted by atomic mass is 9.85. The highest BCUT2D eigenvalue weighted by Crippen LogP contribution is 2.41. The Labute approximate surface area is 214 Å². The van der Waals surface area contributed by atoms with E-state index in [1.165, 1.54) is 19.6 Å². The molecule has 1 aromatic rings. The van der Waals surface area contributed by atoms with Crippen LogP contribution in [0.25, 0.3) is 6.08 Å². The third-order valence-corrected chi connectivity index (χ3v) is 8.47. The summed E-state index contributed by atoms with van der Waals surface area (Å²) >= 11 is 3.66. The highest BCUT2D eigenvalue weighted by molar-refractivity contribution is 8.06. The summed E-state index contributed by atoms with van der Waals surface area (Å²) in [6, 6.07) is 4.26. The number of carbonyl (C=O) groups excluding carboxylic acids is 1. The van der Waals surface area contributed by atoms with Crippen LogP contribution >= 0.6 is 23.1 Å². The predicted molar refractivity (Wildman–Crippen MR) is 147 cm³/mol. The quantitative estimate of drug-likeness (QED) is 0.271. The van der Waals surface area contributed by atoms with Crippen molar-refractivity contribution in [3.05, 3.63) is 78.0 Å². The van der Waals surface area contributed by atoms with Crippen molar-refractivity contribution in [1.82, 2.24) is 0 Å². The largest absolute Gasteiger partial charge is 0.871 e. The number of rotatable bonds is 8. The van der Waals surface area contributed by atoms with Crippen LogP contribution < -0.4 is 5.11 Å². The van der Waals surface area contributed by atoms with Gasteiger partial charge in [0.15, 0.2) is 5.78 Å². The molecule has 1 aliphatic carbocycles. The van der Waals surface area contributed by atoms with Crippen LogP contribution in [0.4, 0.5) is 0 Å². The lowest BCUT2D eigenvalue weighted by Crippen LogP contribution is -2.29. The van der Waals surface area contributed by atoms with Crippen LogP contribution in [-0.2, 0) is 11.2 Å². The van der Waals surface area contributed by atoms with Crippen LogP contribution in [0.5, 0.6) is 0 Å². The summed E-state index contributed by atoms with van der Waals surface area (Å²) in [5, 5.41) is 13.0. The molecule has 2 aliphatic rings. The molecule has 4 heteroatoms. The second kappa shape index (κ2) is 11.2. The molecule has 2 nitrogen and oxygen atoms in total. The normalized spacial score (nSPS) is 19.1. The summed E-state index contributed by atoms with van der Waals surface area (Å²) in [7, 11) is 0. The number of carbonyl (C=O) groups is 1. The Morgan fingerprint density at radius 2 is 1.59 bits per heavy atom. The van der Waals surface area contributed by atoms with Crippen molar-refractivity contribution in [2.24, 2.45) is 17.8 Å².